The van der Waals surface area contributed by atoms with Crippen molar-refractivity contribution in [3.8, 4) is 5.75 Å². The molecule has 3 rings (SSSR count). The largest absolute Gasteiger partial charge is 0.416 e. The number of nitrogens with zero attached hydrogens (tertiary/aromatic N) is 1. The molecule has 0 heterocycles. The highest BCUT2D eigenvalue weighted by molar-refractivity contribution is 7.87. The van der Waals surface area contributed by atoms with Gasteiger partial charge >= 0.3 is 16.3 Å². The molecule has 0 unspecified atom stereocenters. The van der Waals surface area contributed by atoms with Gasteiger partial charge in [-0.25, -0.2) is 0 Å². The molecule has 10 heteroatoms. The number of alkyl halides is 3. The Labute approximate surface area is 200 Å². The van der Waals surface area contributed by atoms with E-state index in [-0.39, 0.29) is 24.2 Å². The Morgan fingerprint density at radius 3 is 2.32 bits per heavy atom. The maximum atomic E-state index is 13.0. The quantitative estimate of drug-likeness (QED) is 0.355. The molecule has 3 aromatic carbocycles. The highest BCUT2D eigenvalue weighted by Gasteiger charge is 2.32. The van der Waals surface area contributed by atoms with Gasteiger partial charge in [0.1, 0.15) is 10.6 Å². The minimum absolute atomic E-state index is 0.0891. The molecule has 0 saturated carbocycles. The van der Waals surface area contributed by atoms with E-state index in [9.17, 15) is 26.4 Å². The van der Waals surface area contributed by atoms with Crippen LogP contribution in [0, 0.1) is 0 Å². The topological polar surface area (TPSA) is 63.7 Å². The molecule has 0 aliphatic heterocycles. The van der Waals surface area contributed by atoms with Crippen molar-refractivity contribution in [1.82, 2.24) is 4.90 Å². The van der Waals surface area contributed by atoms with Crippen LogP contribution in [-0.4, -0.2) is 25.3 Å². The summed E-state index contributed by atoms with van der Waals surface area (Å²) in [6.45, 7) is 3.81. The number of carbonyl (C=O) groups is 1. The lowest BCUT2D eigenvalue weighted by molar-refractivity contribution is -0.137. The van der Waals surface area contributed by atoms with E-state index in [0.29, 0.717) is 22.2 Å². The minimum Gasteiger partial charge on any atom is -0.379 e. The van der Waals surface area contributed by atoms with Crippen molar-refractivity contribution < 1.29 is 30.6 Å². The second kappa shape index (κ2) is 10.1. The van der Waals surface area contributed by atoms with Gasteiger partial charge in [0.2, 0.25) is 0 Å². The Morgan fingerprint density at radius 2 is 1.68 bits per heavy atom. The third kappa shape index (κ3) is 6.30. The molecule has 0 bridgehead atoms. The molecular weight excluding hydrogens is 491 g/mol. The SMILES string of the molecule is CC(C)N(Cc1cccc(OS(=O)(=O)c2cccc(C(F)(F)F)c2)c1)C(=O)c1cccc(Cl)c1. The summed E-state index contributed by atoms with van der Waals surface area (Å²) in [6, 6.07) is 15.7. The van der Waals surface area contributed by atoms with Gasteiger partial charge in [0.05, 0.1) is 5.56 Å². The standard InChI is InChI=1S/C24H21ClF3NO4S/c1-16(2)29(23(30)18-7-4-9-20(25)13-18)15-17-6-3-10-21(12-17)33-34(31,32)22-11-5-8-19(14-22)24(26,27)28/h3-14,16H,15H2,1-2H3. The smallest absolute Gasteiger partial charge is 0.379 e. The van der Waals surface area contributed by atoms with E-state index in [4.69, 9.17) is 15.8 Å². The minimum atomic E-state index is -4.69. The van der Waals surface area contributed by atoms with E-state index >= 15 is 0 Å². The van der Waals surface area contributed by atoms with Crippen LogP contribution in [-0.2, 0) is 22.8 Å². The first kappa shape index (κ1) is 25.6. The molecule has 180 valence electrons. The fraction of sp³-hybridized carbons (Fsp3) is 0.208. The molecule has 0 saturated heterocycles. The van der Waals surface area contributed by atoms with E-state index in [1.54, 1.807) is 35.2 Å². The Hall–Kier alpha value is -3.04. The molecule has 34 heavy (non-hydrogen) atoms. The van der Waals surface area contributed by atoms with Gasteiger partial charge in [-0.05, 0) is 67.9 Å². The van der Waals surface area contributed by atoms with Crippen molar-refractivity contribution in [1.29, 1.82) is 0 Å². The van der Waals surface area contributed by atoms with Gasteiger partial charge in [0.25, 0.3) is 5.91 Å². The fourth-order valence-corrected chi connectivity index (χ4v) is 4.33. The molecule has 0 atom stereocenters. The van der Waals surface area contributed by atoms with Crippen molar-refractivity contribution in [2.24, 2.45) is 0 Å². The van der Waals surface area contributed by atoms with Crippen molar-refractivity contribution in [2.45, 2.75) is 37.5 Å². The van der Waals surface area contributed by atoms with Crippen LogP contribution in [0.25, 0.3) is 0 Å². The number of halogens is 4. The van der Waals surface area contributed by atoms with Crippen molar-refractivity contribution in [3.63, 3.8) is 0 Å². The number of hydrogen-bond donors (Lipinski definition) is 0. The highest BCUT2D eigenvalue weighted by Crippen LogP contribution is 2.31. The molecular formula is C24H21ClF3NO4S. The van der Waals surface area contributed by atoms with Crippen molar-refractivity contribution >= 4 is 27.6 Å². The van der Waals surface area contributed by atoms with Crippen LogP contribution >= 0.6 is 11.6 Å². The molecule has 5 nitrogen and oxygen atoms in total. The molecule has 0 fully saturated rings. The number of rotatable bonds is 7. The first-order valence-corrected chi connectivity index (χ1v) is 11.9. The van der Waals surface area contributed by atoms with Crippen LogP contribution in [0.1, 0.15) is 35.3 Å². The number of carbonyl (C=O) groups excluding carboxylic acids is 1. The maximum absolute atomic E-state index is 13.0. The zero-order valence-corrected chi connectivity index (χ0v) is 19.8. The van der Waals surface area contributed by atoms with Crippen LogP contribution in [0.2, 0.25) is 5.02 Å². The van der Waals surface area contributed by atoms with E-state index < -0.39 is 26.8 Å². The molecule has 1 amide bonds. The Kier molecular flexibility index (Phi) is 7.57. The second-order valence-corrected chi connectivity index (χ2v) is 9.73. The summed E-state index contributed by atoms with van der Waals surface area (Å²) in [5.74, 6) is -0.353. The van der Waals surface area contributed by atoms with Gasteiger partial charge in [0.15, 0.2) is 0 Å². The van der Waals surface area contributed by atoms with Crippen molar-refractivity contribution in [2.75, 3.05) is 0 Å². The third-order valence-corrected chi connectivity index (χ3v) is 6.34. The van der Waals surface area contributed by atoms with E-state index in [1.165, 1.54) is 18.2 Å². The van der Waals surface area contributed by atoms with E-state index in [1.807, 2.05) is 13.8 Å². The first-order valence-electron chi connectivity index (χ1n) is 10.1. The van der Waals surface area contributed by atoms with E-state index in [0.717, 1.165) is 18.2 Å². The molecule has 3 aromatic rings. The van der Waals surface area contributed by atoms with Gasteiger partial charge in [-0.3, -0.25) is 4.79 Å². The lowest BCUT2D eigenvalue weighted by Gasteiger charge is -2.27. The molecule has 0 aromatic heterocycles. The molecule has 0 aliphatic rings. The Bertz CT molecular complexity index is 1290. The lowest BCUT2D eigenvalue weighted by Crippen LogP contribution is -2.36. The summed E-state index contributed by atoms with van der Waals surface area (Å²) < 4.78 is 69.1. The van der Waals surface area contributed by atoms with Crippen LogP contribution in [0.15, 0.2) is 77.7 Å². The third-order valence-electron chi connectivity index (χ3n) is 4.86. The van der Waals surface area contributed by atoms with Crippen LogP contribution in [0.3, 0.4) is 0 Å². The summed E-state index contributed by atoms with van der Waals surface area (Å²) in [5, 5.41) is 0.421. The lowest BCUT2D eigenvalue weighted by atomic mass is 10.1. The van der Waals surface area contributed by atoms with Gasteiger partial charge < -0.3 is 9.08 Å². The zero-order chi connectivity index (χ0) is 25.1. The zero-order valence-electron chi connectivity index (χ0n) is 18.2. The van der Waals surface area contributed by atoms with E-state index in [2.05, 4.69) is 0 Å². The molecule has 0 aliphatic carbocycles. The molecule has 0 spiro atoms. The number of hydrogen-bond acceptors (Lipinski definition) is 4. The highest BCUT2D eigenvalue weighted by atomic mass is 35.5. The summed E-state index contributed by atoms with van der Waals surface area (Å²) in [6.07, 6.45) is -4.69. The summed E-state index contributed by atoms with van der Waals surface area (Å²) in [4.78, 5) is 14.0. The molecule has 0 radical (unpaired) electrons. The second-order valence-electron chi connectivity index (χ2n) is 7.75. The predicted octanol–water partition coefficient (Wildman–Crippen LogP) is 6.18. The maximum Gasteiger partial charge on any atom is 0.416 e. The Balaban J connectivity index is 1.83. The fourth-order valence-electron chi connectivity index (χ4n) is 3.17. The summed E-state index contributed by atoms with van der Waals surface area (Å²) in [5.41, 5.74) is -0.125. The Morgan fingerprint density at radius 1 is 1.00 bits per heavy atom. The van der Waals surface area contributed by atoms with Crippen LogP contribution in [0.4, 0.5) is 13.2 Å². The normalized spacial score (nSPS) is 12.0. The van der Waals surface area contributed by atoms with Gasteiger partial charge in [0, 0.05) is 23.2 Å². The van der Waals surface area contributed by atoms with Gasteiger partial charge in [-0.1, -0.05) is 35.9 Å². The van der Waals surface area contributed by atoms with Crippen LogP contribution < -0.4 is 4.18 Å². The first-order chi connectivity index (χ1) is 15.9. The summed E-state index contributed by atoms with van der Waals surface area (Å²) >= 11 is 5.99. The van der Waals surface area contributed by atoms with Gasteiger partial charge in [-0.2, -0.15) is 21.6 Å². The average Bonchev–Trinajstić information content (AvgIpc) is 2.76. The number of amides is 1. The predicted molar refractivity (Wildman–Crippen MR) is 122 cm³/mol. The molecule has 0 N–H and O–H groups in total. The number of benzene rings is 3. The average molecular weight is 512 g/mol. The van der Waals surface area contributed by atoms with Crippen LogP contribution in [0.5, 0.6) is 5.75 Å². The summed E-state index contributed by atoms with van der Waals surface area (Å²) in [7, 11) is -4.52. The van der Waals surface area contributed by atoms with Crippen molar-refractivity contribution in [3.05, 3.63) is 94.5 Å². The monoisotopic (exact) mass is 511 g/mol. The van der Waals surface area contributed by atoms with Gasteiger partial charge in [-0.15, -0.1) is 0 Å².